The van der Waals surface area contributed by atoms with Crippen LogP contribution < -0.4 is 11.2 Å². The lowest BCUT2D eigenvalue weighted by molar-refractivity contribution is -0.147. The van der Waals surface area contributed by atoms with Crippen LogP contribution in [0.1, 0.15) is 53.9 Å². The molecule has 2 aliphatic carbocycles. The third-order valence-electron chi connectivity index (χ3n) is 6.88. The van der Waals surface area contributed by atoms with Gasteiger partial charge in [0.2, 0.25) is 11.8 Å². The van der Waals surface area contributed by atoms with Crippen molar-refractivity contribution in [3.63, 3.8) is 0 Å². The van der Waals surface area contributed by atoms with E-state index in [2.05, 4.69) is 19.3 Å². The molecular formula is C16H27N3O2. The molecule has 4 bridgehead atoms. The van der Waals surface area contributed by atoms with Crippen molar-refractivity contribution in [3.05, 3.63) is 0 Å². The van der Waals surface area contributed by atoms with Gasteiger partial charge in [0.05, 0.1) is 0 Å². The van der Waals surface area contributed by atoms with Crippen molar-refractivity contribution in [1.82, 2.24) is 10.4 Å². The van der Waals surface area contributed by atoms with Crippen LogP contribution in [0.4, 0.5) is 0 Å². The standard InChI is InChI=1S/C16H27N3O2/c1-13(2,3)12(21)18-19-9-14(4)10-6-7-15(14,5)16(19,8-10)11(17)20/h10H,6-9H2,1-5H3,(H2,17,20)(H,18,21)/t10-,14+,15-,16+/m1/s1. The lowest BCUT2D eigenvalue weighted by Gasteiger charge is -2.46. The molecule has 21 heavy (non-hydrogen) atoms. The molecule has 0 radical (unpaired) electrons. The molecule has 4 atom stereocenters. The minimum atomic E-state index is -0.717. The molecule has 0 spiro atoms. The van der Waals surface area contributed by atoms with Crippen LogP contribution in [0.3, 0.4) is 0 Å². The highest BCUT2D eigenvalue weighted by Gasteiger charge is 2.80. The average molecular weight is 293 g/mol. The second-order valence-corrected chi connectivity index (χ2v) is 8.69. The molecule has 2 saturated carbocycles. The molecule has 3 fully saturated rings. The highest BCUT2D eigenvalue weighted by molar-refractivity contribution is 5.89. The van der Waals surface area contributed by atoms with Gasteiger partial charge in [0.1, 0.15) is 5.54 Å². The zero-order chi connectivity index (χ0) is 15.8. The molecule has 118 valence electrons. The minimum absolute atomic E-state index is 0.0567. The van der Waals surface area contributed by atoms with Gasteiger partial charge < -0.3 is 5.73 Å². The molecule has 5 heteroatoms. The Balaban J connectivity index is 1.99. The number of nitrogens with zero attached hydrogens (tertiary/aromatic N) is 1. The first kappa shape index (κ1) is 14.8. The Bertz CT molecular complexity index is 526. The summed E-state index contributed by atoms with van der Waals surface area (Å²) in [5, 5.41) is 1.87. The van der Waals surface area contributed by atoms with Crippen LogP contribution in [0.25, 0.3) is 0 Å². The van der Waals surface area contributed by atoms with Gasteiger partial charge in [-0.25, -0.2) is 5.01 Å². The first-order valence-corrected chi connectivity index (χ1v) is 7.88. The predicted molar refractivity (Wildman–Crippen MR) is 79.8 cm³/mol. The summed E-state index contributed by atoms with van der Waals surface area (Å²) >= 11 is 0. The maximum Gasteiger partial charge on any atom is 0.240 e. The summed E-state index contributed by atoms with van der Waals surface area (Å²) in [6.07, 6.45) is 2.96. The minimum Gasteiger partial charge on any atom is -0.368 e. The lowest BCUT2D eigenvalue weighted by Crippen LogP contribution is -2.66. The molecule has 3 N–H and O–H groups in total. The zero-order valence-electron chi connectivity index (χ0n) is 13.7. The summed E-state index contributed by atoms with van der Waals surface area (Å²) in [4.78, 5) is 24.8. The molecule has 0 aromatic rings. The van der Waals surface area contributed by atoms with E-state index in [0.717, 1.165) is 19.4 Å². The third kappa shape index (κ3) is 1.46. The van der Waals surface area contributed by atoms with Crippen molar-refractivity contribution in [1.29, 1.82) is 0 Å². The summed E-state index contributed by atoms with van der Waals surface area (Å²) < 4.78 is 0. The van der Waals surface area contributed by atoms with Crippen LogP contribution in [0.5, 0.6) is 0 Å². The van der Waals surface area contributed by atoms with E-state index in [1.807, 2.05) is 25.8 Å². The molecule has 5 nitrogen and oxygen atoms in total. The third-order valence-corrected chi connectivity index (χ3v) is 6.88. The maximum atomic E-state index is 12.4. The van der Waals surface area contributed by atoms with Gasteiger partial charge in [0, 0.05) is 17.4 Å². The van der Waals surface area contributed by atoms with Gasteiger partial charge in [-0.3, -0.25) is 15.0 Å². The van der Waals surface area contributed by atoms with Crippen molar-refractivity contribution in [2.75, 3.05) is 6.54 Å². The maximum absolute atomic E-state index is 12.4. The smallest absolute Gasteiger partial charge is 0.240 e. The highest BCUT2D eigenvalue weighted by Crippen LogP contribution is 2.75. The predicted octanol–water partition coefficient (Wildman–Crippen LogP) is 1.43. The summed E-state index contributed by atoms with van der Waals surface area (Å²) in [5.41, 5.74) is 7.57. The van der Waals surface area contributed by atoms with Crippen molar-refractivity contribution in [2.24, 2.45) is 27.9 Å². The van der Waals surface area contributed by atoms with Crippen molar-refractivity contribution < 1.29 is 9.59 Å². The monoisotopic (exact) mass is 293 g/mol. The van der Waals surface area contributed by atoms with Gasteiger partial charge >= 0.3 is 0 Å². The second-order valence-electron chi connectivity index (χ2n) is 8.69. The molecule has 3 rings (SSSR count). The zero-order valence-corrected chi connectivity index (χ0v) is 13.7. The van der Waals surface area contributed by atoms with Gasteiger partial charge in [-0.15, -0.1) is 0 Å². The molecule has 1 saturated heterocycles. The Morgan fingerprint density at radius 1 is 1.29 bits per heavy atom. The molecule has 0 unspecified atom stereocenters. The quantitative estimate of drug-likeness (QED) is 0.808. The molecule has 0 aromatic heterocycles. The summed E-state index contributed by atoms with van der Waals surface area (Å²) in [6.45, 7) is 10.8. The number of hydrogen-bond donors (Lipinski definition) is 2. The lowest BCUT2D eigenvalue weighted by atomic mass is 9.65. The van der Waals surface area contributed by atoms with Crippen LogP contribution in [-0.2, 0) is 9.59 Å². The molecule has 3 aliphatic rings. The van der Waals surface area contributed by atoms with Crippen molar-refractivity contribution in [3.8, 4) is 0 Å². The normalized spacial score (nSPS) is 45.1. The Morgan fingerprint density at radius 2 is 1.90 bits per heavy atom. The number of carbonyl (C=O) groups is 2. The second kappa shape index (κ2) is 3.80. The van der Waals surface area contributed by atoms with E-state index in [-0.39, 0.29) is 22.6 Å². The first-order valence-electron chi connectivity index (χ1n) is 7.88. The number of hydrogen-bond acceptors (Lipinski definition) is 3. The molecule has 2 amide bonds. The number of piperidine rings is 1. The Hall–Kier alpha value is -1.10. The summed E-state index contributed by atoms with van der Waals surface area (Å²) in [6, 6.07) is 0. The SMILES string of the molecule is CC(C)(C)C(=O)NN1C[C@@]2(C)[C@@H]3CC[C@@]2(C)[C@@]1(C(N)=O)C3. The van der Waals surface area contributed by atoms with E-state index in [9.17, 15) is 9.59 Å². The number of rotatable bonds is 2. The molecule has 1 aliphatic heterocycles. The fourth-order valence-electron chi connectivity index (χ4n) is 5.21. The van der Waals surface area contributed by atoms with Gasteiger partial charge in [0.15, 0.2) is 0 Å². The Labute approximate surface area is 126 Å². The summed E-state index contributed by atoms with van der Waals surface area (Å²) in [5.74, 6) is 0.196. The number of amides is 2. The van der Waals surface area contributed by atoms with Gasteiger partial charge in [-0.2, -0.15) is 0 Å². The molecule has 0 aromatic carbocycles. The van der Waals surface area contributed by atoms with E-state index in [1.54, 1.807) is 0 Å². The van der Waals surface area contributed by atoms with Crippen LogP contribution in [0, 0.1) is 22.2 Å². The Morgan fingerprint density at radius 3 is 2.38 bits per heavy atom. The van der Waals surface area contributed by atoms with E-state index >= 15 is 0 Å². The number of nitrogens with two attached hydrogens (primary N) is 1. The molecular weight excluding hydrogens is 266 g/mol. The number of hydrazine groups is 1. The Kier molecular flexibility index (Phi) is 2.68. The van der Waals surface area contributed by atoms with E-state index in [4.69, 9.17) is 5.73 Å². The highest BCUT2D eigenvalue weighted by atomic mass is 16.2. The summed E-state index contributed by atoms with van der Waals surface area (Å²) in [7, 11) is 0. The van der Waals surface area contributed by atoms with Gasteiger partial charge in [-0.05, 0) is 30.6 Å². The average Bonchev–Trinajstić information content (AvgIpc) is 2.78. The van der Waals surface area contributed by atoms with E-state index in [1.165, 1.54) is 6.42 Å². The topological polar surface area (TPSA) is 75.4 Å². The number of primary amides is 1. The van der Waals surface area contributed by atoms with Crippen molar-refractivity contribution >= 4 is 11.8 Å². The van der Waals surface area contributed by atoms with Gasteiger partial charge in [0.25, 0.3) is 0 Å². The van der Waals surface area contributed by atoms with Crippen LogP contribution in [0.15, 0.2) is 0 Å². The number of carbonyl (C=O) groups excluding carboxylic acids is 2. The van der Waals surface area contributed by atoms with Crippen LogP contribution in [-0.4, -0.2) is 28.9 Å². The number of nitrogens with one attached hydrogen (secondary N) is 1. The van der Waals surface area contributed by atoms with Crippen LogP contribution in [0.2, 0.25) is 0 Å². The van der Waals surface area contributed by atoms with Crippen molar-refractivity contribution in [2.45, 2.75) is 59.4 Å². The van der Waals surface area contributed by atoms with Crippen LogP contribution >= 0.6 is 0 Å². The van der Waals surface area contributed by atoms with Gasteiger partial charge in [-0.1, -0.05) is 34.6 Å². The van der Waals surface area contributed by atoms with E-state index in [0.29, 0.717) is 5.92 Å². The fraction of sp³-hybridized carbons (Fsp3) is 0.875. The largest absolute Gasteiger partial charge is 0.368 e. The molecule has 1 heterocycles. The fourth-order valence-corrected chi connectivity index (χ4v) is 5.21. The first-order chi connectivity index (χ1) is 9.49. The van der Waals surface area contributed by atoms with E-state index < -0.39 is 11.0 Å².